The third-order valence-corrected chi connectivity index (χ3v) is 5.00. The molecule has 6 nitrogen and oxygen atoms in total. The Morgan fingerprint density at radius 2 is 1.70 bits per heavy atom. The van der Waals surface area contributed by atoms with Crippen LogP contribution in [0.2, 0.25) is 0 Å². The highest BCUT2D eigenvalue weighted by molar-refractivity contribution is 6.17. The van der Waals surface area contributed by atoms with Crippen LogP contribution in [-0.2, 0) is 11.4 Å². The van der Waals surface area contributed by atoms with Gasteiger partial charge in [-0.25, -0.2) is 0 Å². The lowest BCUT2D eigenvalue weighted by Gasteiger charge is -2.17. The number of anilines is 1. The molecule has 4 rings (SSSR count). The molecule has 1 atom stereocenters. The summed E-state index contributed by atoms with van der Waals surface area (Å²) in [6.45, 7) is 0.404. The Labute approximate surface area is 174 Å². The number of carbonyl (C=O) groups is 1. The fourth-order valence-electron chi connectivity index (χ4n) is 3.45. The van der Waals surface area contributed by atoms with Crippen molar-refractivity contribution in [2.45, 2.75) is 12.6 Å². The molecule has 6 N–H and O–H groups in total. The second-order valence-electron chi connectivity index (χ2n) is 7.08. The van der Waals surface area contributed by atoms with Crippen molar-refractivity contribution in [3.63, 3.8) is 0 Å². The lowest BCUT2D eigenvalue weighted by molar-refractivity contribution is -0.117. The zero-order valence-electron chi connectivity index (χ0n) is 16.3. The summed E-state index contributed by atoms with van der Waals surface area (Å²) in [5.41, 5.74) is 15.8. The fraction of sp³-hybridized carbons (Fsp3) is 0.0833. The van der Waals surface area contributed by atoms with Crippen molar-refractivity contribution in [3.05, 3.63) is 107 Å². The van der Waals surface area contributed by atoms with E-state index in [0.717, 1.165) is 11.1 Å². The molecule has 0 saturated heterocycles. The summed E-state index contributed by atoms with van der Waals surface area (Å²) in [7, 11) is 0. The Balaban J connectivity index is 1.53. The van der Waals surface area contributed by atoms with Gasteiger partial charge in [0.25, 0.3) is 5.91 Å². The van der Waals surface area contributed by atoms with Gasteiger partial charge in [0, 0.05) is 11.3 Å². The quantitative estimate of drug-likeness (QED) is 0.377. The molecular formula is C24H22N4O2. The second kappa shape index (κ2) is 8.13. The zero-order chi connectivity index (χ0) is 21.1. The minimum atomic E-state index is -0.479. The van der Waals surface area contributed by atoms with E-state index in [0.29, 0.717) is 29.2 Å². The summed E-state index contributed by atoms with van der Waals surface area (Å²) in [4.78, 5) is 12.2. The molecule has 1 aliphatic heterocycles. The average molecular weight is 398 g/mol. The maximum atomic E-state index is 12.2. The topological polar surface area (TPSA) is 114 Å². The van der Waals surface area contributed by atoms with Gasteiger partial charge in [0.05, 0.1) is 11.8 Å². The molecular weight excluding hydrogens is 376 g/mol. The van der Waals surface area contributed by atoms with Crippen molar-refractivity contribution < 1.29 is 9.53 Å². The molecule has 0 fully saturated rings. The minimum Gasteiger partial charge on any atom is -0.489 e. The van der Waals surface area contributed by atoms with E-state index in [4.69, 9.17) is 21.6 Å². The molecule has 0 aromatic heterocycles. The number of nitrogens with two attached hydrogens (primary N) is 2. The first-order chi connectivity index (χ1) is 14.5. The number of ether oxygens (including phenoxy) is 1. The van der Waals surface area contributed by atoms with Gasteiger partial charge >= 0.3 is 0 Å². The number of rotatable bonds is 6. The molecule has 0 spiro atoms. The van der Waals surface area contributed by atoms with E-state index in [-0.39, 0.29) is 17.3 Å². The van der Waals surface area contributed by atoms with Crippen LogP contribution in [0.25, 0.3) is 0 Å². The van der Waals surface area contributed by atoms with E-state index in [1.54, 1.807) is 0 Å². The Hall–Kier alpha value is -4.06. The van der Waals surface area contributed by atoms with E-state index in [2.05, 4.69) is 5.32 Å². The molecule has 30 heavy (non-hydrogen) atoms. The first-order valence-corrected chi connectivity index (χ1v) is 9.55. The zero-order valence-corrected chi connectivity index (χ0v) is 16.3. The van der Waals surface area contributed by atoms with Crippen LogP contribution in [0.3, 0.4) is 0 Å². The Morgan fingerprint density at radius 3 is 2.40 bits per heavy atom. The largest absolute Gasteiger partial charge is 0.489 e. The van der Waals surface area contributed by atoms with Crippen molar-refractivity contribution in [1.29, 1.82) is 5.41 Å². The van der Waals surface area contributed by atoms with E-state index < -0.39 is 6.04 Å². The second-order valence-corrected chi connectivity index (χ2v) is 7.08. The molecule has 1 heterocycles. The number of amides is 1. The molecule has 0 saturated carbocycles. The Morgan fingerprint density at radius 1 is 0.967 bits per heavy atom. The molecule has 0 bridgehead atoms. The summed E-state index contributed by atoms with van der Waals surface area (Å²) in [5, 5.41) is 11.5. The Bertz CT molecular complexity index is 1120. The lowest BCUT2D eigenvalue weighted by atomic mass is 9.92. The predicted molar refractivity (Wildman–Crippen MR) is 117 cm³/mol. The molecule has 0 aliphatic carbocycles. The molecule has 3 aromatic carbocycles. The van der Waals surface area contributed by atoms with Crippen molar-refractivity contribution in [1.82, 2.24) is 5.32 Å². The van der Waals surface area contributed by atoms with Gasteiger partial charge in [-0.05, 0) is 41.0 Å². The average Bonchev–Trinajstić information content (AvgIpc) is 3.07. The predicted octanol–water partition coefficient (Wildman–Crippen LogP) is 3.30. The molecule has 1 aliphatic rings. The fourth-order valence-corrected chi connectivity index (χ4v) is 3.45. The number of benzene rings is 3. The van der Waals surface area contributed by atoms with Gasteiger partial charge in [-0.3, -0.25) is 10.2 Å². The van der Waals surface area contributed by atoms with Crippen LogP contribution in [-0.4, -0.2) is 11.6 Å². The van der Waals surface area contributed by atoms with Crippen LogP contribution >= 0.6 is 0 Å². The maximum Gasteiger partial charge on any atom is 0.268 e. The van der Waals surface area contributed by atoms with Crippen molar-refractivity contribution in [3.8, 4) is 5.75 Å². The first kappa shape index (κ1) is 19.3. The monoisotopic (exact) mass is 398 g/mol. The SMILES string of the molecule is N=C(C1=C(N)C(=O)NC1c1ccc(OCc2cccc(N)c2)cc1)c1ccccc1. The molecule has 150 valence electrons. The normalized spacial score (nSPS) is 15.7. The van der Waals surface area contributed by atoms with Gasteiger partial charge in [0.2, 0.25) is 0 Å². The summed E-state index contributed by atoms with van der Waals surface area (Å²) in [6, 6.07) is 23.7. The summed E-state index contributed by atoms with van der Waals surface area (Å²) in [6.07, 6.45) is 0. The number of hydrogen-bond acceptors (Lipinski definition) is 5. The van der Waals surface area contributed by atoms with Gasteiger partial charge in [0.1, 0.15) is 18.1 Å². The number of nitrogen functional groups attached to an aromatic ring is 1. The van der Waals surface area contributed by atoms with Crippen LogP contribution < -0.4 is 21.5 Å². The molecule has 3 aromatic rings. The highest BCUT2D eigenvalue weighted by Crippen LogP contribution is 2.32. The van der Waals surface area contributed by atoms with Crippen LogP contribution in [0.15, 0.2) is 90.1 Å². The molecule has 6 heteroatoms. The van der Waals surface area contributed by atoms with Gasteiger partial charge in [-0.1, -0.05) is 54.6 Å². The molecule has 0 radical (unpaired) electrons. The highest BCUT2D eigenvalue weighted by atomic mass is 16.5. The minimum absolute atomic E-state index is 0.0795. The van der Waals surface area contributed by atoms with Crippen LogP contribution in [0.1, 0.15) is 22.7 Å². The standard InChI is InChI=1S/C24H22N4O2/c25-18-8-4-5-15(13-18)14-30-19-11-9-17(10-12-19)23-20(22(27)24(29)28-23)21(26)16-6-2-1-3-7-16/h1-13,23,26H,14,25,27H2,(H,28,29). The smallest absolute Gasteiger partial charge is 0.268 e. The number of hydrogen-bond donors (Lipinski definition) is 4. The van der Waals surface area contributed by atoms with E-state index in [1.165, 1.54) is 0 Å². The van der Waals surface area contributed by atoms with Crippen LogP contribution in [0.4, 0.5) is 5.69 Å². The summed E-state index contributed by atoms with van der Waals surface area (Å²) < 4.78 is 5.83. The van der Waals surface area contributed by atoms with Gasteiger partial charge in [0.15, 0.2) is 0 Å². The summed E-state index contributed by atoms with van der Waals surface area (Å²) in [5.74, 6) is 0.333. The maximum absolute atomic E-state index is 12.2. The summed E-state index contributed by atoms with van der Waals surface area (Å²) >= 11 is 0. The van der Waals surface area contributed by atoms with Crippen LogP contribution in [0.5, 0.6) is 5.75 Å². The highest BCUT2D eigenvalue weighted by Gasteiger charge is 2.34. The van der Waals surface area contributed by atoms with E-state index in [1.807, 2.05) is 78.9 Å². The molecule has 1 amide bonds. The third kappa shape index (κ3) is 3.89. The van der Waals surface area contributed by atoms with E-state index >= 15 is 0 Å². The van der Waals surface area contributed by atoms with Crippen molar-refractivity contribution in [2.75, 3.05) is 5.73 Å². The molecule has 1 unspecified atom stereocenters. The number of carbonyl (C=O) groups excluding carboxylic acids is 1. The van der Waals surface area contributed by atoms with Crippen molar-refractivity contribution in [2.24, 2.45) is 5.73 Å². The van der Waals surface area contributed by atoms with Crippen molar-refractivity contribution >= 4 is 17.3 Å². The Kier molecular flexibility index (Phi) is 5.22. The third-order valence-electron chi connectivity index (χ3n) is 5.00. The van der Waals surface area contributed by atoms with E-state index in [9.17, 15) is 4.79 Å². The van der Waals surface area contributed by atoms with Crippen LogP contribution in [0, 0.1) is 5.41 Å². The van der Waals surface area contributed by atoms with Gasteiger partial charge in [-0.2, -0.15) is 0 Å². The number of nitrogens with one attached hydrogen (secondary N) is 2. The van der Waals surface area contributed by atoms with Gasteiger partial charge < -0.3 is 21.5 Å². The lowest BCUT2D eigenvalue weighted by Crippen LogP contribution is -2.24. The first-order valence-electron chi connectivity index (χ1n) is 9.55. The van der Waals surface area contributed by atoms with Gasteiger partial charge in [-0.15, -0.1) is 0 Å².